The van der Waals surface area contributed by atoms with E-state index in [0.29, 0.717) is 5.56 Å². The maximum atomic E-state index is 13.5. The lowest BCUT2D eigenvalue weighted by molar-refractivity contribution is -0.181. The van der Waals surface area contributed by atoms with E-state index in [4.69, 9.17) is 5.73 Å². The molecule has 0 spiro atoms. The molecule has 4 N–H and O–H groups in total. The topological polar surface area (TPSA) is 179 Å². The molecule has 0 bridgehead atoms. The third kappa shape index (κ3) is 2.61. The van der Waals surface area contributed by atoms with E-state index in [1.165, 1.54) is 31.1 Å². The van der Waals surface area contributed by atoms with Crippen molar-refractivity contribution in [2.45, 2.75) is 24.5 Å². The van der Waals surface area contributed by atoms with Crippen LogP contribution in [0.5, 0.6) is 5.75 Å². The molecule has 0 aliphatic heterocycles. The van der Waals surface area contributed by atoms with Gasteiger partial charge in [-0.15, -0.1) is 0 Å². The van der Waals surface area contributed by atoms with Crippen molar-refractivity contribution in [1.29, 1.82) is 5.26 Å². The van der Waals surface area contributed by atoms with Crippen molar-refractivity contribution in [3.8, 4) is 11.8 Å². The van der Waals surface area contributed by atoms with E-state index >= 15 is 0 Å². The van der Waals surface area contributed by atoms with Crippen LogP contribution in [0.15, 0.2) is 12.1 Å². The number of phenols is 1. The maximum absolute atomic E-state index is 13.5. The monoisotopic (exact) mass is 439 g/mol. The summed E-state index contributed by atoms with van der Waals surface area (Å²) in [5, 5.41) is 31.1. The molecule has 0 aromatic heterocycles. The van der Waals surface area contributed by atoms with Crippen LogP contribution < -0.4 is 5.73 Å². The molecule has 3 aliphatic rings. The quantitative estimate of drug-likeness (QED) is 0.474. The number of nitriles is 1. The van der Waals surface area contributed by atoms with Crippen LogP contribution in [0.25, 0.3) is 0 Å². The lowest BCUT2D eigenvalue weighted by Gasteiger charge is -2.52. The van der Waals surface area contributed by atoms with Crippen LogP contribution in [0.4, 0.5) is 0 Å². The van der Waals surface area contributed by atoms with Crippen molar-refractivity contribution in [1.82, 2.24) is 4.90 Å². The fraction of sp³-hybridized carbons (Fsp3) is 0.455. The van der Waals surface area contributed by atoms with E-state index in [1.54, 1.807) is 0 Å². The number of likely N-dealkylation sites (N-methyl/N-ethyl adjacent to an activating group) is 1. The molecule has 1 aromatic rings. The predicted octanol–water partition coefficient (Wildman–Crippen LogP) is -1.26. The van der Waals surface area contributed by atoms with Gasteiger partial charge in [0.25, 0.3) is 0 Å². The predicted molar refractivity (Wildman–Crippen MR) is 106 cm³/mol. The number of rotatable bonds is 2. The number of fused-ring (bicyclic) bond motifs is 3. The Morgan fingerprint density at radius 2 is 1.88 bits per heavy atom. The number of nitrogens with two attached hydrogens (primary N) is 1. The number of phenolic OH excluding ortho intramolecular Hbond substituents is 1. The molecule has 10 heteroatoms. The van der Waals surface area contributed by atoms with Crippen LogP contribution in [0.2, 0.25) is 0 Å². The van der Waals surface area contributed by atoms with Crippen LogP contribution >= 0.6 is 0 Å². The third-order valence-corrected chi connectivity index (χ3v) is 7.07. The van der Waals surface area contributed by atoms with Crippen molar-refractivity contribution in [2.75, 3.05) is 14.1 Å². The van der Waals surface area contributed by atoms with Gasteiger partial charge in [0.1, 0.15) is 5.75 Å². The highest BCUT2D eigenvalue weighted by Crippen LogP contribution is 2.50. The number of carbonyl (C=O) groups is 5. The maximum Gasteiger partial charge on any atom is 0.235 e. The number of aliphatic hydroxyl groups is 1. The summed E-state index contributed by atoms with van der Waals surface area (Å²) in [5.41, 5.74) is 2.79. The lowest BCUT2D eigenvalue weighted by atomic mass is 9.52. The molecule has 2 saturated carbocycles. The number of hydrogen-bond acceptors (Lipinski definition) is 9. The van der Waals surface area contributed by atoms with Crippen molar-refractivity contribution in [2.24, 2.45) is 29.4 Å². The summed E-state index contributed by atoms with van der Waals surface area (Å²) in [6, 6.07) is 3.36. The van der Waals surface area contributed by atoms with Gasteiger partial charge in [0.15, 0.2) is 34.7 Å². The molecule has 10 nitrogen and oxygen atoms in total. The zero-order chi connectivity index (χ0) is 23.7. The second-order valence-corrected chi connectivity index (χ2v) is 8.89. The number of primary amides is 1. The highest BCUT2D eigenvalue weighted by Gasteiger charge is 2.69. The van der Waals surface area contributed by atoms with Gasteiger partial charge in [0.05, 0.1) is 29.2 Å². The van der Waals surface area contributed by atoms with Gasteiger partial charge in [-0.25, -0.2) is 0 Å². The van der Waals surface area contributed by atoms with E-state index in [2.05, 4.69) is 0 Å². The minimum absolute atomic E-state index is 0.0512. The molecular formula is C22H21N3O7. The summed E-state index contributed by atoms with van der Waals surface area (Å²) in [6.45, 7) is 0. The van der Waals surface area contributed by atoms with Gasteiger partial charge in [-0.3, -0.25) is 28.9 Å². The molecule has 0 heterocycles. The number of Topliss-reactive ketones (excluding diaryl/α,β-unsaturated/α-hetero) is 4. The summed E-state index contributed by atoms with van der Waals surface area (Å²) in [4.78, 5) is 66.2. The average Bonchev–Trinajstić information content (AvgIpc) is 2.70. The molecule has 4 rings (SSSR count). The fourth-order valence-corrected chi connectivity index (χ4v) is 5.71. The summed E-state index contributed by atoms with van der Waals surface area (Å²) in [5.74, 6) is -11.1. The molecule has 1 aromatic carbocycles. The number of amides is 1. The normalized spacial score (nSPS) is 33.9. The van der Waals surface area contributed by atoms with Gasteiger partial charge in [-0.1, -0.05) is 0 Å². The molecular weight excluding hydrogens is 418 g/mol. The van der Waals surface area contributed by atoms with E-state index < -0.39 is 70.1 Å². The Bertz CT molecular complexity index is 1150. The van der Waals surface area contributed by atoms with E-state index in [9.17, 15) is 39.4 Å². The molecule has 0 radical (unpaired) electrons. The second-order valence-electron chi connectivity index (χ2n) is 8.89. The number of carbonyl (C=O) groups excluding carboxylic acids is 5. The Balaban J connectivity index is 1.90. The van der Waals surface area contributed by atoms with Gasteiger partial charge in [-0.05, 0) is 50.6 Å². The van der Waals surface area contributed by atoms with Crippen LogP contribution in [-0.4, -0.2) is 69.9 Å². The molecule has 1 amide bonds. The standard InChI is InChI=1S/C22H21N3O7/c1-25(2)16-11-6-9-5-10-8(7-23)3-4-12(26)14(10)17(27)13(9)19(29)22(11,32)20(30)15(18(16)28)21(24)31/h3-4,9,11,13,15-16,26,32H,5-6H2,1-2H3,(H2,24,31)/t9-,11-,13?,15?,16+,22-/m0/s1. The lowest BCUT2D eigenvalue weighted by Crippen LogP contribution is -2.74. The average molecular weight is 439 g/mol. The molecule has 0 saturated heterocycles. The summed E-state index contributed by atoms with van der Waals surface area (Å²) < 4.78 is 0. The molecule has 6 atom stereocenters. The highest BCUT2D eigenvalue weighted by atomic mass is 16.3. The minimum atomic E-state index is -2.75. The molecule has 2 fully saturated rings. The Kier molecular flexibility index (Phi) is 4.80. The molecule has 2 unspecified atom stereocenters. The smallest absolute Gasteiger partial charge is 0.235 e. The van der Waals surface area contributed by atoms with E-state index in [0.717, 1.165) is 0 Å². The van der Waals surface area contributed by atoms with E-state index in [1.807, 2.05) is 6.07 Å². The zero-order valence-electron chi connectivity index (χ0n) is 17.4. The number of ketones is 4. The Morgan fingerprint density at radius 1 is 1.22 bits per heavy atom. The van der Waals surface area contributed by atoms with Gasteiger partial charge >= 0.3 is 0 Å². The first-order valence-electron chi connectivity index (χ1n) is 10.1. The Hall–Kier alpha value is -3.42. The SMILES string of the molecule is CN(C)[C@H]1C(=O)C(C(N)=O)C(=O)[C@@]2(O)C(=O)C3C(=O)c4c(O)ccc(C#N)c4C[C@H]3C[C@@H]12. The van der Waals surface area contributed by atoms with Crippen molar-refractivity contribution < 1.29 is 34.2 Å². The second kappa shape index (κ2) is 7.05. The number of benzene rings is 1. The van der Waals surface area contributed by atoms with Gasteiger partial charge in [0, 0.05) is 5.92 Å². The number of aromatic hydroxyl groups is 1. The summed E-state index contributed by atoms with van der Waals surface area (Å²) in [6.07, 6.45) is 0.0214. The third-order valence-electron chi connectivity index (χ3n) is 7.07. The highest BCUT2D eigenvalue weighted by molar-refractivity contribution is 6.32. The van der Waals surface area contributed by atoms with Crippen LogP contribution in [0, 0.1) is 35.0 Å². The van der Waals surface area contributed by atoms with Gasteiger partial charge in [-0.2, -0.15) is 5.26 Å². The molecule has 3 aliphatic carbocycles. The first kappa shape index (κ1) is 21.8. The van der Waals surface area contributed by atoms with Crippen LogP contribution in [-0.2, 0) is 25.6 Å². The van der Waals surface area contributed by atoms with Crippen LogP contribution in [0.1, 0.15) is 27.9 Å². The van der Waals surface area contributed by atoms with Crippen molar-refractivity contribution >= 4 is 29.0 Å². The summed E-state index contributed by atoms with van der Waals surface area (Å²) in [7, 11) is 3.03. The summed E-state index contributed by atoms with van der Waals surface area (Å²) >= 11 is 0. The fourth-order valence-electron chi connectivity index (χ4n) is 5.71. The first-order valence-corrected chi connectivity index (χ1v) is 10.1. The van der Waals surface area contributed by atoms with Gasteiger partial charge in [0.2, 0.25) is 5.91 Å². The van der Waals surface area contributed by atoms with Gasteiger partial charge < -0.3 is 15.9 Å². The largest absolute Gasteiger partial charge is 0.507 e. The first-order chi connectivity index (χ1) is 15.0. The Morgan fingerprint density at radius 3 is 2.44 bits per heavy atom. The number of nitrogens with zero attached hydrogens (tertiary/aromatic N) is 2. The van der Waals surface area contributed by atoms with Crippen molar-refractivity contribution in [3.63, 3.8) is 0 Å². The Labute approximate surface area is 182 Å². The minimum Gasteiger partial charge on any atom is -0.507 e. The zero-order valence-corrected chi connectivity index (χ0v) is 17.4. The van der Waals surface area contributed by atoms with Crippen LogP contribution in [0.3, 0.4) is 0 Å². The molecule has 32 heavy (non-hydrogen) atoms. The van der Waals surface area contributed by atoms with E-state index in [-0.39, 0.29) is 24.0 Å². The molecule has 166 valence electrons. The van der Waals surface area contributed by atoms with Crippen molar-refractivity contribution in [3.05, 3.63) is 28.8 Å². The number of hydrogen-bond donors (Lipinski definition) is 3.